The van der Waals surface area contributed by atoms with E-state index in [0.717, 1.165) is 17.8 Å². The molecule has 2 aliphatic carbocycles. The van der Waals surface area contributed by atoms with Crippen LogP contribution in [0, 0.1) is 17.8 Å². The number of nitrogen functional groups attached to an aromatic ring is 2. The van der Waals surface area contributed by atoms with Gasteiger partial charge in [0.2, 0.25) is 0 Å². The van der Waals surface area contributed by atoms with Gasteiger partial charge in [-0.05, 0) is 98.1 Å². The molecule has 0 bridgehead atoms. The second-order valence-electron chi connectivity index (χ2n) is 9.44. The first kappa shape index (κ1) is 20.8. The fourth-order valence-electron chi connectivity index (χ4n) is 5.42. The monoisotopic (exact) mass is 406 g/mol. The van der Waals surface area contributed by atoms with Gasteiger partial charge in [0.1, 0.15) is 5.75 Å². The molecular weight excluding hydrogens is 372 g/mol. The van der Waals surface area contributed by atoms with Crippen molar-refractivity contribution in [3.8, 4) is 5.75 Å². The lowest BCUT2D eigenvalue weighted by atomic mass is 9.68. The summed E-state index contributed by atoms with van der Waals surface area (Å²) in [6.45, 7) is 2.40. The van der Waals surface area contributed by atoms with E-state index in [0.29, 0.717) is 28.6 Å². The van der Waals surface area contributed by atoms with Crippen molar-refractivity contribution in [3.05, 3.63) is 53.6 Å². The lowest BCUT2D eigenvalue weighted by Gasteiger charge is -2.37. The van der Waals surface area contributed by atoms with Crippen molar-refractivity contribution in [2.24, 2.45) is 17.8 Å². The second-order valence-corrected chi connectivity index (χ2v) is 9.44. The van der Waals surface area contributed by atoms with Gasteiger partial charge in [0.15, 0.2) is 0 Å². The summed E-state index contributed by atoms with van der Waals surface area (Å²) in [4.78, 5) is 12.4. The normalized spacial score (nSPS) is 26.8. The number of nitrogens with two attached hydrogens (primary N) is 2. The number of hydrogen-bond acceptors (Lipinski definition) is 4. The van der Waals surface area contributed by atoms with Crippen LogP contribution in [-0.4, -0.2) is 5.97 Å². The van der Waals surface area contributed by atoms with Gasteiger partial charge in [0, 0.05) is 11.4 Å². The molecule has 30 heavy (non-hydrogen) atoms. The average molecular weight is 407 g/mol. The molecule has 2 fully saturated rings. The van der Waals surface area contributed by atoms with Gasteiger partial charge in [-0.3, -0.25) is 0 Å². The molecule has 160 valence electrons. The van der Waals surface area contributed by atoms with Gasteiger partial charge in [-0.25, -0.2) is 4.79 Å². The molecule has 0 spiro atoms. The van der Waals surface area contributed by atoms with Gasteiger partial charge < -0.3 is 16.2 Å². The number of esters is 1. The van der Waals surface area contributed by atoms with E-state index < -0.39 is 5.97 Å². The Balaban J connectivity index is 1.31. The maximum atomic E-state index is 12.4. The molecule has 0 amide bonds. The van der Waals surface area contributed by atoms with Crippen molar-refractivity contribution in [1.29, 1.82) is 0 Å². The van der Waals surface area contributed by atoms with Crippen molar-refractivity contribution >= 4 is 17.3 Å². The molecule has 0 atom stereocenters. The van der Waals surface area contributed by atoms with Gasteiger partial charge in [-0.15, -0.1) is 0 Å². The third kappa shape index (κ3) is 4.80. The van der Waals surface area contributed by atoms with Crippen molar-refractivity contribution in [2.45, 2.75) is 64.2 Å². The number of benzene rings is 2. The first-order chi connectivity index (χ1) is 14.5. The summed E-state index contributed by atoms with van der Waals surface area (Å²) in [6, 6.07) is 12.9. The third-order valence-corrected chi connectivity index (χ3v) is 7.36. The Kier molecular flexibility index (Phi) is 6.31. The number of rotatable bonds is 4. The maximum Gasteiger partial charge on any atom is 0.345 e. The summed E-state index contributed by atoms with van der Waals surface area (Å²) >= 11 is 0. The van der Waals surface area contributed by atoms with Crippen molar-refractivity contribution in [3.63, 3.8) is 0 Å². The molecule has 4 rings (SSSR count). The van der Waals surface area contributed by atoms with Crippen LogP contribution in [0.2, 0.25) is 0 Å². The SMILES string of the molecule is CC1CCC(C2CCC(c3ccc(OC(=O)c4ccc(N)cc4N)cc3)CC2)CC1. The summed E-state index contributed by atoms with van der Waals surface area (Å²) in [5, 5.41) is 0. The minimum atomic E-state index is -0.456. The molecule has 2 aromatic carbocycles. The summed E-state index contributed by atoms with van der Waals surface area (Å²) in [5.74, 6) is 3.54. The molecule has 0 unspecified atom stereocenters. The Morgan fingerprint density at radius 1 is 0.833 bits per heavy atom. The lowest BCUT2D eigenvalue weighted by molar-refractivity contribution is 0.0736. The Bertz CT molecular complexity index is 861. The average Bonchev–Trinajstić information content (AvgIpc) is 2.75. The largest absolute Gasteiger partial charge is 0.423 e. The molecular formula is C26H34N2O2. The lowest BCUT2D eigenvalue weighted by Crippen LogP contribution is -2.24. The molecule has 4 nitrogen and oxygen atoms in total. The molecule has 0 aliphatic heterocycles. The molecule has 4 heteroatoms. The highest BCUT2D eigenvalue weighted by atomic mass is 16.5. The molecule has 0 saturated heterocycles. The van der Waals surface area contributed by atoms with E-state index in [4.69, 9.17) is 16.2 Å². The van der Waals surface area contributed by atoms with Crippen LogP contribution in [0.1, 0.15) is 80.1 Å². The molecule has 0 radical (unpaired) electrons. The third-order valence-electron chi connectivity index (χ3n) is 7.36. The minimum Gasteiger partial charge on any atom is -0.423 e. The molecule has 4 N–H and O–H groups in total. The zero-order chi connectivity index (χ0) is 21.1. The van der Waals surface area contributed by atoms with Gasteiger partial charge in [0.05, 0.1) is 5.56 Å². The van der Waals surface area contributed by atoms with Gasteiger partial charge >= 0.3 is 5.97 Å². The summed E-state index contributed by atoms with van der Waals surface area (Å²) in [5.41, 5.74) is 14.1. The van der Waals surface area contributed by atoms with Crippen LogP contribution in [0.4, 0.5) is 11.4 Å². The van der Waals surface area contributed by atoms with Crippen LogP contribution in [0.25, 0.3) is 0 Å². The van der Waals surface area contributed by atoms with Crippen LogP contribution >= 0.6 is 0 Å². The highest BCUT2D eigenvalue weighted by Gasteiger charge is 2.30. The quantitative estimate of drug-likeness (QED) is 0.361. The van der Waals surface area contributed by atoms with E-state index in [-0.39, 0.29) is 0 Å². The van der Waals surface area contributed by atoms with Crippen molar-refractivity contribution in [2.75, 3.05) is 11.5 Å². The Morgan fingerprint density at radius 2 is 1.43 bits per heavy atom. The Hall–Kier alpha value is -2.49. The highest BCUT2D eigenvalue weighted by Crippen LogP contribution is 2.44. The molecule has 0 aromatic heterocycles. The first-order valence-corrected chi connectivity index (χ1v) is 11.5. The number of anilines is 2. The Labute approximate surface area is 180 Å². The molecule has 2 saturated carbocycles. The molecule has 2 aliphatic rings. The van der Waals surface area contributed by atoms with Crippen LogP contribution in [0.3, 0.4) is 0 Å². The van der Waals surface area contributed by atoms with Crippen molar-refractivity contribution in [1.82, 2.24) is 0 Å². The van der Waals surface area contributed by atoms with Crippen LogP contribution in [0.5, 0.6) is 5.75 Å². The maximum absolute atomic E-state index is 12.4. The Morgan fingerprint density at radius 3 is 2.03 bits per heavy atom. The zero-order valence-corrected chi connectivity index (χ0v) is 18.0. The predicted molar refractivity (Wildman–Crippen MR) is 122 cm³/mol. The van der Waals surface area contributed by atoms with E-state index in [2.05, 4.69) is 19.1 Å². The number of hydrogen-bond donors (Lipinski definition) is 2. The van der Waals surface area contributed by atoms with Crippen LogP contribution in [-0.2, 0) is 0 Å². The van der Waals surface area contributed by atoms with Crippen LogP contribution in [0.15, 0.2) is 42.5 Å². The summed E-state index contributed by atoms with van der Waals surface area (Å²) in [6.07, 6.45) is 11.0. The molecule has 0 heterocycles. The van der Waals surface area contributed by atoms with Crippen molar-refractivity contribution < 1.29 is 9.53 Å². The van der Waals surface area contributed by atoms with E-state index in [1.165, 1.54) is 56.9 Å². The van der Waals surface area contributed by atoms with E-state index in [9.17, 15) is 4.79 Å². The minimum absolute atomic E-state index is 0.334. The number of carbonyl (C=O) groups is 1. The summed E-state index contributed by atoms with van der Waals surface area (Å²) in [7, 11) is 0. The topological polar surface area (TPSA) is 78.3 Å². The first-order valence-electron chi connectivity index (χ1n) is 11.5. The second kappa shape index (κ2) is 9.11. The highest BCUT2D eigenvalue weighted by molar-refractivity contribution is 5.97. The van der Waals surface area contributed by atoms with E-state index in [1.807, 2.05) is 12.1 Å². The fraction of sp³-hybridized carbons (Fsp3) is 0.500. The van der Waals surface area contributed by atoms with Gasteiger partial charge in [0.25, 0.3) is 0 Å². The zero-order valence-electron chi connectivity index (χ0n) is 18.0. The predicted octanol–water partition coefficient (Wildman–Crippen LogP) is 6.17. The van der Waals surface area contributed by atoms with Gasteiger partial charge in [-0.1, -0.05) is 31.9 Å². The van der Waals surface area contributed by atoms with E-state index >= 15 is 0 Å². The van der Waals surface area contributed by atoms with Gasteiger partial charge in [-0.2, -0.15) is 0 Å². The number of ether oxygens (including phenoxy) is 1. The van der Waals surface area contributed by atoms with E-state index in [1.54, 1.807) is 18.2 Å². The molecule has 2 aromatic rings. The standard InChI is InChI=1S/C26H34N2O2/c1-17-2-4-18(5-3-17)19-6-8-20(9-7-19)21-10-13-23(14-11-21)30-26(29)24-15-12-22(27)16-25(24)28/h10-20H,2-9,27-28H2,1H3. The summed E-state index contributed by atoms with van der Waals surface area (Å²) < 4.78 is 5.51. The van der Waals surface area contributed by atoms with Crippen LogP contribution < -0.4 is 16.2 Å². The fourth-order valence-corrected chi connectivity index (χ4v) is 5.42. The smallest absolute Gasteiger partial charge is 0.345 e. The number of carbonyl (C=O) groups excluding carboxylic acids is 1.